The number of amides is 1. The molecule has 6 heteroatoms. The summed E-state index contributed by atoms with van der Waals surface area (Å²) < 4.78 is 5.58. The number of ether oxygens (including phenoxy) is 1. The normalized spacial score (nSPS) is 11.8. The van der Waals surface area contributed by atoms with E-state index in [9.17, 15) is 4.79 Å². The average Bonchev–Trinajstić information content (AvgIpc) is 2.56. The van der Waals surface area contributed by atoms with Gasteiger partial charge in [0.25, 0.3) is 5.91 Å². The molecule has 0 heterocycles. The molecule has 0 aromatic heterocycles. The van der Waals surface area contributed by atoms with E-state index in [4.69, 9.17) is 27.9 Å². The van der Waals surface area contributed by atoms with Gasteiger partial charge in [0, 0.05) is 28.1 Å². The molecule has 0 bridgehead atoms. The van der Waals surface area contributed by atoms with Crippen molar-refractivity contribution in [3.8, 4) is 5.75 Å². The fourth-order valence-corrected chi connectivity index (χ4v) is 3.31. The summed E-state index contributed by atoms with van der Waals surface area (Å²) in [7, 11) is 0. The van der Waals surface area contributed by atoms with Gasteiger partial charge in [-0.25, -0.2) is 0 Å². The van der Waals surface area contributed by atoms with E-state index in [1.165, 1.54) is 0 Å². The van der Waals surface area contributed by atoms with E-state index in [2.05, 4.69) is 5.32 Å². The molecule has 0 radical (unpaired) electrons. The van der Waals surface area contributed by atoms with Crippen LogP contribution >= 0.6 is 35.0 Å². The van der Waals surface area contributed by atoms with Gasteiger partial charge >= 0.3 is 0 Å². The van der Waals surface area contributed by atoms with Crippen LogP contribution in [0.4, 0.5) is 0 Å². The lowest BCUT2D eigenvalue weighted by Crippen LogP contribution is -2.37. The highest BCUT2D eigenvalue weighted by Gasteiger charge is 2.14. The maximum absolute atomic E-state index is 12.0. The Morgan fingerprint density at radius 1 is 1.21 bits per heavy atom. The molecule has 0 aliphatic carbocycles. The fourth-order valence-electron chi connectivity index (χ4n) is 1.99. The monoisotopic (exact) mass is 383 g/mol. The Hall–Kier alpha value is -1.36. The molecule has 1 atom stereocenters. The van der Waals surface area contributed by atoms with Crippen molar-refractivity contribution in [2.45, 2.75) is 18.8 Å². The highest BCUT2D eigenvalue weighted by molar-refractivity contribution is 7.98. The highest BCUT2D eigenvalue weighted by atomic mass is 35.5. The fraction of sp³-hybridized carbons (Fsp3) is 0.278. The molecule has 2 aromatic rings. The number of rotatable bonds is 8. The summed E-state index contributed by atoms with van der Waals surface area (Å²) in [4.78, 5) is 12.0. The van der Waals surface area contributed by atoms with E-state index in [-0.39, 0.29) is 5.91 Å². The van der Waals surface area contributed by atoms with Crippen LogP contribution in [-0.2, 0) is 10.5 Å². The molecule has 128 valence electrons. The van der Waals surface area contributed by atoms with E-state index in [0.717, 1.165) is 22.1 Å². The number of thioether (sulfide) groups is 1. The Balaban J connectivity index is 1.66. The van der Waals surface area contributed by atoms with Crippen LogP contribution in [0.15, 0.2) is 48.5 Å². The molecule has 0 aliphatic heterocycles. The third-order valence-corrected chi connectivity index (χ3v) is 4.85. The van der Waals surface area contributed by atoms with Crippen molar-refractivity contribution in [3.63, 3.8) is 0 Å². The van der Waals surface area contributed by atoms with Gasteiger partial charge in [-0.3, -0.25) is 4.79 Å². The molecular formula is C18H19Cl2NO2S. The van der Waals surface area contributed by atoms with Gasteiger partial charge in [-0.05, 0) is 36.8 Å². The van der Waals surface area contributed by atoms with Crippen LogP contribution in [0.5, 0.6) is 5.75 Å². The topological polar surface area (TPSA) is 38.3 Å². The Morgan fingerprint density at radius 2 is 2.00 bits per heavy atom. The Kier molecular flexibility index (Phi) is 7.76. The minimum Gasteiger partial charge on any atom is -0.481 e. The van der Waals surface area contributed by atoms with Crippen molar-refractivity contribution < 1.29 is 9.53 Å². The SMILES string of the molecule is C[C@@H](Oc1cccc(Cl)c1)C(=O)NCCSCc1ccccc1Cl. The van der Waals surface area contributed by atoms with Gasteiger partial charge in [-0.2, -0.15) is 11.8 Å². The van der Waals surface area contributed by atoms with Gasteiger partial charge in [0.15, 0.2) is 6.10 Å². The molecule has 1 N–H and O–H groups in total. The van der Waals surface area contributed by atoms with Crippen molar-refractivity contribution in [2.24, 2.45) is 0 Å². The first-order valence-corrected chi connectivity index (χ1v) is 9.48. The van der Waals surface area contributed by atoms with Gasteiger partial charge in [-0.1, -0.05) is 47.5 Å². The lowest BCUT2D eigenvalue weighted by atomic mass is 10.2. The van der Waals surface area contributed by atoms with E-state index in [1.54, 1.807) is 43.0 Å². The van der Waals surface area contributed by atoms with E-state index >= 15 is 0 Å². The Morgan fingerprint density at radius 3 is 2.75 bits per heavy atom. The molecule has 0 saturated carbocycles. The maximum Gasteiger partial charge on any atom is 0.260 e. The zero-order valence-corrected chi connectivity index (χ0v) is 15.6. The second-order valence-corrected chi connectivity index (χ2v) is 7.10. The molecule has 0 saturated heterocycles. The lowest BCUT2D eigenvalue weighted by Gasteiger charge is -2.14. The minimum absolute atomic E-state index is 0.145. The molecule has 2 rings (SSSR count). The number of halogens is 2. The summed E-state index contributed by atoms with van der Waals surface area (Å²) in [5.74, 6) is 2.07. The quantitative estimate of drug-likeness (QED) is 0.664. The second kappa shape index (κ2) is 9.82. The van der Waals surface area contributed by atoms with E-state index in [0.29, 0.717) is 17.3 Å². The van der Waals surface area contributed by atoms with Gasteiger partial charge in [0.2, 0.25) is 0 Å². The smallest absolute Gasteiger partial charge is 0.260 e. The van der Waals surface area contributed by atoms with Gasteiger partial charge in [-0.15, -0.1) is 0 Å². The van der Waals surface area contributed by atoms with E-state index in [1.807, 2.05) is 24.3 Å². The van der Waals surface area contributed by atoms with Crippen LogP contribution in [0.3, 0.4) is 0 Å². The van der Waals surface area contributed by atoms with Crippen LogP contribution in [0.25, 0.3) is 0 Å². The molecule has 2 aromatic carbocycles. The van der Waals surface area contributed by atoms with Crippen LogP contribution in [-0.4, -0.2) is 24.3 Å². The van der Waals surface area contributed by atoms with E-state index < -0.39 is 6.10 Å². The number of nitrogens with one attached hydrogen (secondary N) is 1. The lowest BCUT2D eigenvalue weighted by molar-refractivity contribution is -0.127. The summed E-state index contributed by atoms with van der Waals surface area (Å²) in [6.07, 6.45) is -0.572. The van der Waals surface area contributed by atoms with Gasteiger partial charge < -0.3 is 10.1 Å². The molecule has 0 aliphatic rings. The Labute approximate surface area is 156 Å². The number of hydrogen-bond donors (Lipinski definition) is 1. The first-order valence-electron chi connectivity index (χ1n) is 7.57. The van der Waals surface area contributed by atoms with Gasteiger partial charge in [0.05, 0.1) is 0 Å². The maximum atomic E-state index is 12.0. The number of carbonyl (C=O) groups excluding carboxylic acids is 1. The molecular weight excluding hydrogens is 365 g/mol. The zero-order valence-electron chi connectivity index (χ0n) is 13.3. The molecule has 0 unspecified atom stereocenters. The van der Waals surface area contributed by atoms with Crippen LogP contribution in [0.1, 0.15) is 12.5 Å². The summed E-state index contributed by atoms with van der Waals surface area (Å²) in [6.45, 7) is 2.30. The van der Waals surface area contributed by atoms with Crippen molar-refractivity contribution in [1.82, 2.24) is 5.32 Å². The number of hydrogen-bond acceptors (Lipinski definition) is 3. The third-order valence-electron chi connectivity index (χ3n) is 3.24. The van der Waals surface area contributed by atoms with Crippen molar-refractivity contribution in [2.75, 3.05) is 12.3 Å². The minimum atomic E-state index is -0.572. The molecule has 0 spiro atoms. The highest BCUT2D eigenvalue weighted by Crippen LogP contribution is 2.20. The predicted octanol–water partition coefficient (Wildman–Crippen LogP) is 4.81. The summed E-state index contributed by atoms with van der Waals surface area (Å²) in [5, 5.41) is 4.22. The van der Waals surface area contributed by atoms with Crippen molar-refractivity contribution >= 4 is 40.9 Å². The van der Waals surface area contributed by atoms with Crippen LogP contribution in [0, 0.1) is 0 Å². The number of benzene rings is 2. The second-order valence-electron chi connectivity index (χ2n) is 5.15. The number of carbonyl (C=O) groups is 1. The first-order chi connectivity index (χ1) is 11.6. The van der Waals surface area contributed by atoms with Crippen LogP contribution < -0.4 is 10.1 Å². The predicted molar refractivity (Wildman–Crippen MR) is 102 cm³/mol. The summed E-state index contributed by atoms with van der Waals surface area (Å²) in [5.41, 5.74) is 1.10. The molecule has 3 nitrogen and oxygen atoms in total. The van der Waals surface area contributed by atoms with Crippen molar-refractivity contribution in [1.29, 1.82) is 0 Å². The van der Waals surface area contributed by atoms with Crippen molar-refractivity contribution in [3.05, 3.63) is 64.1 Å². The standard InChI is InChI=1S/C18H19Cl2NO2S/c1-13(23-16-7-4-6-15(19)11-16)18(22)21-9-10-24-12-14-5-2-3-8-17(14)20/h2-8,11,13H,9-10,12H2,1H3,(H,21,22)/t13-/m1/s1. The Bertz CT molecular complexity index is 682. The summed E-state index contributed by atoms with van der Waals surface area (Å²) in [6, 6.07) is 14.8. The average molecular weight is 384 g/mol. The zero-order chi connectivity index (χ0) is 17.4. The molecule has 24 heavy (non-hydrogen) atoms. The molecule has 1 amide bonds. The largest absolute Gasteiger partial charge is 0.481 e. The van der Waals surface area contributed by atoms with Crippen LogP contribution in [0.2, 0.25) is 10.0 Å². The summed E-state index contributed by atoms with van der Waals surface area (Å²) >= 11 is 13.7. The molecule has 0 fully saturated rings. The first kappa shape index (κ1) is 19.0. The third kappa shape index (κ3) is 6.27. The van der Waals surface area contributed by atoms with Gasteiger partial charge in [0.1, 0.15) is 5.75 Å².